The van der Waals surface area contributed by atoms with E-state index in [-0.39, 0.29) is 13.0 Å². The van der Waals surface area contributed by atoms with Crippen molar-refractivity contribution in [2.24, 2.45) is 0 Å². The summed E-state index contributed by atoms with van der Waals surface area (Å²) >= 11 is 0. The third kappa shape index (κ3) is 5.11. The van der Waals surface area contributed by atoms with E-state index in [1.54, 1.807) is 12.1 Å². The van der Waals surface area contributed by atoms with Crippen LogP contribution in [0.3, 0.4) is 0 Å². The molecule has 0 saturated carbocycles. The molecule has 6 heteroatoms. The first-order valence-corrected chi connectivity index (χ1v) is 5.33. The molecule has 0 bridgehead atoms. The number of rotatable bonds is 6. The van der Waals surface area contributed by atoms with E-state index >= 15 is 0 Å². The van der Waals surface area contributed by atoms with Crippen LogP contribution in [0.4, 0.5) is 10.5 Å². The summed E-state index contributed by atoms with van der Waals surface area (Å²) in [6.07, 6.45) is 2.71. The van der Waals surface area contributed by atoms with E-state index in [9.17, 15) is 9.59 Å². The number of carboxylic acids is 1. The zero-order valence-electron chi connectivity index (χ0n) is 9.76. The molecule has 1 heterocycles. The van der Waals surface area contributed by atoms with E-state index < -0.39 is 12.1 Å². The summed E-state index contributed by atoms with van der Waals surface area (Å²) < 4.78 is 4.73. The van der Waals surface area contributed by atoms with Crippen molar-refractivity contribution in [2.45, 2.75) is 12.8 Å². The third-order valence-corrected chi connectivity index (χ3v) is 2.00. The summed E-state index contributed by atoms with van der Waals surface area (Å²) in [5.41, 5.74) is 1.14. The second kappa shape index (κ2) is 7.05. The minimum Gasteiger partial charge on any atom is -0.481 e. The predicted molar refractivity (Wildman–Crippen MR) is 65.4 cm³/mol. The maximum atomic E-state index is 11.2. The Hall–Kier alpha value is -2.37. The number of nitrogens with zero attached hydrogens (tertiary/aromatic N) is 1. The maximum absolute atomic E-state index is 11.2. The molecule has 6 nitrogen and oxygen atoms in total. The first kappa shape index (κ1) is 13.7. The fourth-order valence-corrected chi connectivity index (χ4v) is 1.17. The number of carboxylic acid groups (broad SMARTS) is 1. The average Bonchev–Trinajstić information content (AvgIpc) is 2.35. The van der Waals surface area contributed by atoms with Crippen molar-refractivity contribution < 1.29 is 19.4 Å². The van der Waals surface area contributed by atoms with Crippen LogP contribution in [0, 0.1) is 0 Å². The van der Waals surface area contributed by atoms with Crippen molar-refractivity contribution in [1.82, 2.24) is 4.98 Å². The Morgan fingerprint density at radius 2 is 2.28 bits per heavy atom. The number of anilines is 1. The fraction of sp³-hybridized carbons (Fsp3) is 0.250. The van der Waals surface area contributed by atoms with Crippen LogP contribution in [0.1, 0.15) is 12.1 Å². The summed E-state index contributed by atoms with van der Waals surface area (Å²) in [5.74, 6) is -0.869. The number of ether oxygens (including phenoxy) is 1. The van der Waals surface area contributed by atoms with Crippen LogP contribution < -0.4 is 5.32 Å². The Kier molecular flexibility index (Phi) is 5.37. The van der Waals surface area contributed by atoms with Gasteiger partial charge in [-0.15, -0.1) is 0 Å². The van der Waals surface area contributed by atoms with E-state index in [1.165, 1.54) is 12.3 Å². The highest BCUT2D eigenvalue weighted by molar-refractivity contribution is 5.84. The second-order valence-electron chi connectivity index (χ2n) is 3.44. The number of aliphatic carboxylic acids is 1. The number of carbonyl (C=O) groups excluding carboxylic acids is 1. The van der Waals surface area contributed by atoms with Crippen molar-refractivity contribution in [3.8, 4) is 0 Å². The van der Waals surface area contributed by atoms with E-state index in [2.05, 4.69) is 16.9 Å². The first-order chi connectivity index (χ1) is 8.61. The first-order valence-electron chi connectivity index (χ1n) is 5.33. The highest BCUT2D eigenvalue weighted by Gasteiger charge is 2.04. The molecule has 0 aromatic carbocycles. The lowest BCUT2D eigenvalue weighted by molar-refractivity contribution is -0.136. The molecule has 1 aromatic heterocycles. The van der Waals surface area contributed by atoms with Crippen molar-refractivity contribution >= 4 is 17.7 Å². The minimum atomic E-state index is -0.869. The van der Waals surface area contributed by atoms with Gasteiger partial charge >= 0.3 is 12.1 Å². The Balaban J connectivity index is 2.46. The number of pyridine rings is 1. The normalized spacial score (nSPS) is 9.56. The van der Waals surface area contributed by atoms with Gasteiger partial charge in [0.1, 0.15) is 6.61 Å². The summed E-state index contributed by atoms with van der Waals surface area (Å²) in [6, 6.07) is 3.30. The molecule has 1 rings (SSSR count). The number of nitrogens with one attached hydrogen (secondary N) is 1. The van der Waals surface area contributed by atoms with Crippen LogP contribution in [0.25, 0.3) is 0 Å². The van der Waals surface area contributed by atoms with Crippen molar-refractivity contribution in [3.63, 3.8) is 0 Å². The number of hydrogen-bond acceptors (Lipinski definition) is 4. The number of aromatic nitrogens is 1. The van der Waals surface area contributed by atoms with Gasteiger partial charge in [-0.2, -0.15) is 0 Å². The molecule has 0 aliphatic rings. The van der Waals surface area contributed by atoms with Gasteiger partial charge in [0, 0.05) is 12.1 Å². The molecule has 96 valence electrons. The van der Waals surface area contributed by atoms with Gasteiger partial charge in [-0.05, 0) is 12.1 Å². The van der Waals surface area contributed by atoms with Crippen LogP contribution in [0.5, 0.6) is 0 Å². The van der Waals surface area contributed by atoms with Gasteiger partial charge in [0.2, 0.25) is 0 Å². The van der Waals surface area contributed by atoms with Crippen LogP contribution in [-0.4, -0.2) is 28.8 Å². The van der Waals surface area contributed by atoms with Gasteiger partial charge in [-0.3, -0.25) is 15.1 Å². The van der Waals surface area contributed by atoms with Gasteiger partial charge in [0.25, 0.3) is 0 Å². The van der Waals surface area contributed by atoms with Gasteiger partial charge in [0.15, 0.2) is 0 Å². The van der Waals surface area contributed by atoms with E-state index in [4.69, 9.17) is 9.84 Å². The van der Waals surface area contributed by atoms with E-state index in [1.807, 2.05) is 0 Å². The summed E-state index contributed by atoms with van der Waals surface area (Å²) in [4.78, 5) is 25.6. The standard InChI is InChI=1S/C12H14N2O4/c1-2-7-18-12(17)14-10-4-3-9(13-8-10)5-6-11(15)16/h2-4,8H,1,5-7H2,(H,14,17)(H,15,16). The molecule has 0 aliphatic carbocycles. The average molecular weight is 250 g/mol. The van der Waals surface area contributed by atoms with Crippen LogP contribution in [-0.2, 0) is 16.0 Å². The Labute approximate surface area is 104 Å². The topological polar surface area (TPSA) is 88.5 Å². The molecule has 2 N–H and O–H groups in total. The number of aryl methyl sites for hydroxylation is 1. The second-order valence-corrected chi connectivity index (χ2v) is 3.44. The van der Waals surface area contributed by atoms with Gasteiger partial charge in [-0.1, -0.05) is 12.7 Å². The summed E-state index contributed by atoms with van der Waals surface area (Å²) in [5, 5.41) is 11.0. The summed E-state index contributed by atoms with van der Waals surface area (Å²) in [6.45, 7) is 3.56. The molecule has 0 aliphatic heterocycles. The van der Waals surface area contributed by atoms with Crippen molar-refractivity contribution in [1.29, 1.82) is 0 Å². The van der Waals surface area contributed by atoms with Crippen LogP contribution in [0.2, 0.25) is 0 Å². The van der Waals surface area contributed by atoms with Gasteiger partial charge in [-0.25, -0.2) is 4.79 Å². The molecule has 1 amide bonds. The number of amides is 1. The van der Waals surface area contributed by atoms with Crippen LogP contribution in [0.15, 0.2) is 31.0 Å². The zero-order chi connectivity index (χ0) is 13.4. The van der Waals surface area contributed by atoms with Gasteiger partial charge in [0.05, 0.1) is 18.3 Å². The SMILES string of the molecule is C=CCOC(=O)Nc1ccc(CCC(=O)O)nc1. The number of carbonyl (C=O) groups is 2. The molecular formula is C12H14N2O4. The monoisotopic (exact) mass is 250 g/mol. The molecule has 0 fully saturated rings. The highest BCUT2D eigenvalue weighted by atomic mass is 16.5. The Morgan fingerprint density at radius 1 is 1.50 bits per heavy atom. The lowest BCUT2D eigenvalue weighted by Crippen LogP contribution is -2.13. The predicted octanol–water partition coefficient (Wildman–Crippen LogP) is 1.83. The third-order valence-electron chi connectivity index (χ3n) is 2.00. The quantitative estimate of drug-likeness (QED) is 0.752. The van der Waals surface area contributed by atoms with E-state index in [0.717, 1.165) is 0 Å². The van der Waals surface area contributed by atoms with E-state index in [0.29, 0.717) is 17.8 Å². The molecule has 1 aromatic rings. The molecule has 0 saturated heterocycles. The largest absolute Gasteiger partial charge is 0.481 e. The smallest absolute Gasteiger partial charge is 0.411 e. The van der Waals surface area contributed by atoms with Crippen molar-refractivity contribution in [2.75, 3.05) is 11.9 Å². The van der Waals surface area contributed by atoms with Gasteiger partial charge < -0.3 is 9.84 Å². The Morgan fingerprint density at radius 3 is 2.83 bits per heavy atom. The minimum absolute atomic E-state index is 0.0289. The Bertz CT molecular complexity index is 428. The summed E-state index contributed by atoms with van der Waals surface area (Å²) in [7, 11) is 0. The van der Waals surface area contributed by atoms with Crippen LogP contribution >= 0.6 is 0 Å². The molecule has 18 heavy (non-hydrogen) atoms. The highest BCUT2D eigenvalue weighted by Crippen LogP contribution is 2.08. The fourth-order valence-electron chi connectivity index (χ4n) is 1.17. The number of hydrogen-bond donors (Lipinski definition) is 2. The maximum Gasteiger partial charge on any atom is 0.411 e. The molecule has 0 spiro atoms. The molecule has 0 unspecified atom stereocenters. The lowest BCUT2D eigenvalue weighted by Gasteiger charge is -2.05. The molecular weight excluding hydrogens is 236 g/mol. The zero-order valence-corrected chi connectivity index (χ0v) is 9.76. The lowest BCUT2D eigenvalue weighted by atomic mass is 10.2. The molecule has 0 radical (unpaired) electrons. The van der Waals surface area contributed by atoms with Crippen molar-refractivity contribution in [3.05, 3.63) is 36.7 Å². The molecule has 0 atom stereocenters.